The lowest BCUT2D eigenvalue weighted by Gasteiger charge is -2.18. The van der Waals surface area contributed by atoms with E-state index in [-0.39, 0.29) is 16.8 Å². The predicted octanol–water partition coefficient (Wildman–Crippen LogP) is 4.23. The molecule has 1 heterocycles. The Kier molecular flexibility index (Phi) is 5.77. The molecule has 4 nitrogen and oxygen atoms in total. The van der Waals surface area contributed by atoms with Gasteiger partial charge in [-0.25, -0.2) is 8.42 Å². The van der Waals surface area contributed by atoms with Crippen LogP contribution in [0.2, 0.25) is 0 Å². The first-order chi connectivity index (χ1) is 12.9. The molecule has 140 valence electrons. The maximum absolute atomic E-state index is 12.8. The van der Waals surface area contributed by atoms with E-state index < -0.39 is 9.84 Å². The van der Waals surface area contributed by atoms with E-state index in [9.17, 15) is 13.2 Å². The second-order valence-corrected chi connectivity index (χ2v) is 9.31. The molecule has 1 atom stereocenters. The number of aryl methyl sites for hydroxylation is 1. The second kappa shape index (κ2) is 8.06. The highest BCUT2D eigenvalue weighted by atomic mass is 32.2. The third-order valence-corrected chi connectivity index (χ3v) is 6.43. The molecule has 1 N–H and O–H groups in total. The van der Waals surface area contributed by atoms with Gasteiger partial charge < -0.3 is 5.32 Å². The highest BCUT2D eigenvalue weighted by molar-refractivity contribution is 7.90. The third-order valence-electron chi connectivity index (χ3n) is 4.37. The van der Waals surface area contributed by atoms with Crippen molar-refractivity contribution in [3.05, 3.63) is 87.6 Å². The summed E-state index contributed by atoms with van der Waals surface area (Å²) < 4.78 is 23.2. The van der Waals surface area contributed by atoms with E-state index in [1.54, 1.807) is 11.3 Å². The van der Waals surface area contributed by atoms with E-state index in [0.29, 0.717) is 5.56 Å². The summed E-state index contributed by atoms with van der Waals surface area (Å²) >= 11 is 1.58. The molecule has 0 bridgehead atoms. The molecule has 0 aliphatic rings. The van der Waals surface area contributed by atoms with Crippen molar-refractivity contribution in [1.82, 2.24) is 5.32 Å². The van der Waals surface area contributed by atoms with Crippen LogP contribution in [0.5, 0.6) is 0 Å². The fourth-order valence-corrected chi connectivity index (χ4v) is 4.22. The molecular weight excluding hydrogens is 378 g/mol. The van der Waals surface area contributed by atoms with Crippen molar-refractivity contribution >= 4 is 27.1 Å². The van der Waals surface area contributed by atoms with E-state index in [2.05, 4.69) is 24.4 Å². The van der Waals surface area contributed by atoms with Crippen LogP contribution < -0.4 is 5.32 Å². The smallest absolute Gasteiger partial charge is 0.252 e. The number of rotatable bonds is 6. The Balaban J connectivity index is 1.86. The van der Waals surface area contributed by atoms with E-state index in [1.807, 2.05) is 29.6 Å². The molecule has 0 saturated carbocycles. The Morgan fingerprint density at radius 3 is 2.22 bits per heavy atom. The van der Waals surface area contributed by atoms with Gasteiger partial charge in [0.15, 0.2) is 9.84 Å². The van der Waals surface area contributed by atoms with E-state index in [4.69, 9.17) is 0 Å². The molecule has 3 rings (SSSR count). The van der Waals surface area contributed by atoms with E-state index in [1.165, 1.54) is 29.8 Å². The Morgan fingerprint density at radius 1 is 1.04 bits per heavy atom. The maximum atomic E-state index is 12.8. The first-order valence-electron chi connectivity index (χ1n) is 8.61. The zero-order valence-corrected chi connectivity index (χ0v) is 16.8. The number of hydrogen-bond donors (Lipinski definition) is 1. The maximum Gasteiger partial charge on any atom is 0.252 e. The molecule has 1 unspecified atom stereocenters. The standard InChI is InChI=1S/C21H21NO3S2/c1-3-15-6-8-16(9-7-15)20(19-5-4-14-26-19)22-21(23)17-10-12-18(13-11-17)27(2,24)25/h4-14,20H,3H2,1-2H3,(H,22,23). The predicted molar refractivity (Wildman–Crippen MR) is 109 cm³/mol. The fourth-order valence-electron chi connectivity index (χ4n) is 2.79. The van der Waals surface area contributed by atoms with Gasteiger partial charge in [0.25, 0.3) is 5.91 Å². The summed E-state index contributed by atoms with van der Waals surface area (Å²) in [4.78, 5) is 14.0. The minimum Gasteiger partial charge on any atom is -0.340 e. The molecule has 0 fully saturated rings. The van der Waals surface area contributed by atoms with Crippen molar-refractivity contribution in [3.8, 4) is 0 Å². The van der Waals surface area contributed by atoms with Crippen LogP contribution in [-0.4, -0.2) is 20.6 Å². The lowest BCUT2D eigenvalue weighted by atomic mass is 10.0. The van der Waals surface area contributed by atoms with Crippen LogP contribution in [0.25, 0.3) is 0 Å². The molecule has 1 amide bonds. The number of amides is 1. The summed E-state index contributed by atoms with van der Waals surface area (Å²) in [7, 11) is -3.28. The highest BCUT2D eigenvalue weighted by Crippen LogP contribution is 2.27. The quantitative estimate of drug-likeness (QED) is 0.675. The summed E-state index contributed by atoms with van der Waals surface area (Å²) in [5.74, 6) is -0.243. The fraction of sp³-hybridized carbons (Fsp3) is 0.190. The molecule has 0 radical (unpaired) electrons. The van der Waals surface area contributed by atoms with Gasteiger partial charge in [0.1, 0.15) is 0 Å². The molecular formula is C21H21NO3S2. The molecule has 27 heavy (non-hydrogen) atoms. The summed E-state index contributed by atoms with van der Waals surface area (Å²) in [5.41, 5.74) is 2.68. The van der Waals surface area contributed by atoms with Crippen molar-refractivity contribution in [1.29, 1.82) is 0 Å². The van der Waals surface area contributed by atoms with Gasteiger partial charge in [-0.2, -0.15) is 0 Å². The number of thiophene rings is 1. The first-order valence-corrected chi connectivity index (χ1v) is 11.4. The van der Waals surface area contributed by atoms with E-state index in [0.717, 1.165) is 23.1 Å². The number of hydrogen-bond acceptors (Lipinski definition) is 4. The van der Waals surface area contributed by atoms with Crippen molar-refractivity contribution in [3.63, 3.8) is 0 Å². The molecule has 6 heteroatoms. The monoisotopic (exact) mass is 399 g/mol. The Morgan fingerprint density at radius 2 is 1.70 bits per heavy atom. The van der Waals surface area contributed by atoms with Crippen molar-refractivity contribution < 1.29 is 13.2 Å². The van der Waals surface area contributed by atoms with Gasteiger partial charge in [-0.05, 0) is 53.3 Å². The van der Waals surface area contributed by atoms with Crippen molar-refractivity contribution in [2.24, 2.45) is 0 Å². The SMILES string of the molecule is CCc1ccc(C(NC(=O)c2ccc(S(C)(=O)=O)cc2)c2cccs2)cc1. The van der Waals surface area contributed by atoms with Gasteiger partial charge >= 0.3 is 0 Å². The molecule has 0 saturated heterocycles. The normalized spacial score (nSPS) is 12.5. The van der Waals surface area contributed by atoms with Crippen LogP contribution in [0.3, 0.4) is 0 Å². The van der Waals surface area contributed by atoms with Gasteiger partial charge in [-0.1, -0.05) is 37.3 Å². The lowest BCUT2D eigenvalue weighted by Crippen LogP contribution is -2.28. The molecule has 0 aliphatic heterocycles. The average Bonchev–Trinajstić information content (AvgIpc) is 3.20. The Labute approximate surface area is 163 Å². The number of benzene rings is 2. The second-order valence-electron chi connectivity index (χ2n) is 6.31. The topological polar surface area (TPSA) is 63.2 Å². The van der Waals surface area contributed by atoms with Crippen LogP contribution in [0.4, 0.5) is 0 Å². The zero-order chi connectivity index (χ0) is 19.4. The first kappa shape index (κ1) is 19.3. The minimum atomic E-state index is -3.28. The van der Waals surface area contributed by atoms with Crippen LogP contribution in [-0.2, 0) is 16.3 Å². The largest absolute Gasteiger partial charge is 0.340 e. The van der Waals surface area contributed by atoms with Gasteiger partial charge in [-0.15, -0.1) is 11.3 Å². The average molecular weight is 400 g/mol. The number of carbonyl (C=O) groups is 1. The molecule has 3 aromatic rings. The molecule has 0 spiro atoms. The van der Waals surface area contributed by atoms with Crippen molar-refractivity contribution in [2.75, 3.05) is 6.26 Å². The van der Waals surface area contributed by atoms with Crippen LogP contribution in [0.1, 0.15) is 39.3 Å². The number of sulfone groups is 1. The molecule has 0 aliphatic carbocycles. The highest BCUT2D eigenvalue weighted by Gasteiger charge is 2.19. The van der Waals surface area contributed by atoms with Crippen molar-refractivity contribution in [2.45, 2.75) is 24.3 Å². The number of carbonyl (C=O) groups excluding carboxylic acids is 1. The Bertz CT molecular complexity index is 1010. The van der Waals surface area contributed by atoms with E-state index >= 15 is 0 Å². The molecule has 2 aromatic carbocycles. The van der Waals surface area contributed by atoms with Gasteiger partial charge in [0.2, 0.25) is 0 Å². The minimum absolute atomic E-state index is 0.198. The summed E-state index contributed by atoms with van der Waals surface area (Å²) in [5, 5.41) is 5.05. The Hall–Kier alpha value is -2.44. The number of nitrogens with one attached hydrogen (secondary N) is 1. The van der Waals surface area contributed by atoms with Gasteiger partial charge in [0.05, 0.1) is 10.9 Å². The van der Waals surface area contributed by atoms with Gasteiger partial charge in [0, 0.05) is 16.7 Å². The summed E-state index contributed by atoms with van der Waals surface area (Å²) in [6.07, 6.45) is 2.11. The van der Waals surface area contributed by atoms with Gasteiger partial charge in [-0.3, -0.25) is 4.79 Å². The summed E-state index contributed by atoms with van der Waals surface area (Å²) in [6.45, 7) is 2.10. The van der Waals surface area contributed by atoms with Crippen LogP contribution >= 0.6 is 11.3 Å². The zero-order valence-electron chi connectivity index (χ0n) is 15.2. The summed E-state index contributed by atoms with van der Waals surface area (Å²) in [6, 6.07) is 17.9. The van der Waals surface area contributed by atoms with Crippen LogP contribution in [0, 0.1) is 0 Å². The van der Waals surface area contributed by atoms with Crippen LogP contribution in [0.15, 0.2) is 70.9 Å². The third kappa shape index (κ3) is 4.64. The molecule has 1 aromatic heterocycles. The lowest BCUT2D eigenvalue weighted by molar-refractivity contribution is 0.0943.